The van der Waals surface area contributed by atoms with Gasteiger partial charge in [0.05, 0.1) is 24.5 Å². The predicted molar refractivity (Wildman–Crippen MR) is 92.3 cm³/mol. The van der Waals surface area contributed by atoms with Gasteiger partial charge in [-0.2, -0.15) is 0 Å². The van der Waals surface area contributed by atoms with Gasteiger partial charge in [0.25, 0.3) is 0 Å². The van der Waals surface area contributed by atoms with Crippen molar-refractivity contribution in [1.82, 2.24) is 0 Å². The summed E-state index contributed by atoms with van der Waals surface area (Å²) in [5, 5.41) is 12.1. The second kappa shape index (κ2) is 9.06. The van der Waals surface area contributed by atoms with Crippen molar-refractivity contribution < 1.29 is 14.7 Å². The molecule has 0 aliphatic rings. The highest BCUT2D eigenvalue weighted by atomic mass is 35.5. The van der Waals surface area contributed by atoms with E-state index in [1.54, 1.807) is 12.1 Å². The first-order chi connectivity index (χ1) is 11.2. The first-order valence-electron chi connectivity index (χ1n) is 7.55. The van der Waals surface area contributed by atoms with Gasteiger partial charge < -0.3 is 14.7 Å². The maximum Gasteiger partial charge on any atom is 0.179 e. The molecule has 0 heterocycles. The first-order valence-corrected chi connectivity index (χ1v) is 7.93. The van der Waals surface area contributed by atoms with Gasteiger partial charge in [-0.1, -0.05) is 47.1 Å². The average Bonchev–Trinajstić information content (AvgIpc) is 2.55. The molecule has 0 radical (unpaired) electrons. The molecule has 0 amide bonds. The monoisotopic (exact) mass is 333 g/mol. The van der Waals surface area contributed by atoms with E-state index in [4.69, 9.17) is 26.3 Å². The van der Waals surface area contributed by atoms with Crippen LogP contribution in [0.2, 0.25) is 5.02 Å². The third-order valence-corrected chi connectivity index (χ3v) is 3.52. The molecule has 0 saturated heterocycles. The quantitative estimate of drug-likeness (QED) is 0.333. The fourth-order valence-corrected chi connectivity index (χ4v) is 2.50. The van der Waals surface area contributed by atoms with Crippen molar-refractivity contribution in [2.45, 2.75) is 19.8 Å². The zero-order valence-corrected chi connectivity index (χ0v) is 13.8. The number of hydrogen-bond donors (Lipinski definition) is 1. The summed E-state index contributed by atoms with van der Waals surface area (Å²) in [5.41, 5.74) is 1.93. The van der Waals surface area contributed by atoms with Crippen molar-refractivity contribution in [3.8, 4) is 11.5 Å². The van der Waals surface area contributed by atoms with Gasteiger partial charge in [-0.15, -0.1) is 0 Å². The van der Waals surface area contributed by atoms with Gasteiger partial charge in [0.2, 0.25) is 0 Å². The number of halogens is 1. The van der Waals surface area contributed by atoms with Crippen molar-refractivity contribution in [2.75, 3.05) is 13.2 Å². The van der Waals surface area contributed by atoms with Gasteiger partial charge in [-0.25, -0.2) is 0 Å². The number of nitrogens with zero attached hydrogens (tertiary/aromatic N) is 1. The molecule has 0 fully saturated rings. The summed E-state index contributed by atoms with van der Waals surface area (Å²) in [4.78, 5) is 0. The minimum Gasteiger partial charge on any atom is -0.490 e. The van der Waals surface area contributed by atoms with Crippen molar-refractivity contribution in [1.29, 1.82) is 0 Å². The molecule has 1 N–H and O–H groups in total. The Morgan fingerprint density at radius 1 is 1.17 bits per heavy atom. The fourth-order valence-electron chi connectivity index (χ4n) is 2.23. The molecule has 2 aromatic rings. The van der Waals surface area contributed by atoms with Crippen molar-refractivity contribution in [3.63, 3.8) is 0 Å². The highest BCUT2D eigenvalue weighted by molar-refractivity contribution is 6.32. The second-order valence-electron chi connectivity index (χ2n) is 4.95. The maximum absolute atomic E-state index is 8.64. The Labute approximate surface area is 141 Å². The standard InChI is InChI=1S/C18H20ClNO3/c1-2-22-17-12-15(13-20-21)11-16(19)18(17)23-10-6-9-14-7-4-3-5-8-14/h3-5,7-8,11-13,21H,2,6,9-10H2,1H3/b20-13+. The second-order valence-corrected chi connectivity index (χ2v) is 5.35. The molecule has 0 unspecified atom stereocenters. The van der Waals surface area contributed by atoms with Crippen molar-refractivity contribution in [3.05, 3.63) is 58.6 Å². The normalized spacial score (nSPS) is 10.9. The number of benzene rings is 2. The lowest BCUT2D eigenvalue weighted by Gasteiger charge is -2.14. The highest BCUT2D eigenvalue weighted by Gasteiger charge is 2.12. The van der Waals surface area contributed by atoms with E-state index >= 15 is 0 Å². The molecule has 23 heavy (non-hydrogen) atoms. The lowest BCUT2D eigenvalue weighted by atomic mass is 10.1. The maximum atomic E-state index is 8.64. The van der Waals surface area contributed by atoms with Crippen LogP contribution >= 0.6 is 11.6 Å². The topological polar surface area (TPSA) is 51.0 Å². The van der Waals surface area contributed by atoms with Crippen LogP contribution in [0.15, 0.2) is 47.6 Å². The Morgan fingerprint density at radius 3 is 2.65 bits per heavy atom. The Morgan fingerprint density at radius 2 is 1.96 bits per heavy atom. The summed E-state index contributed by atoms with van der Waals surface area (Å²) in [6, 6.07) is 13.7. The molecule has 0 bridgehead atoms. The van der Waals surface area contributed by atoms with E-state index < -0.39 is 0 Å². The molecule has 0 atom stereocenters. The summed E-state index contributed by atoms with van der Waals surface area (Å²) < 4.78 is 11.4. The number of hydrogen-bond acceptors (Lipinski definition) is 4. The lowest BCUT2D eigenvalue weighted by Crippen LogP contribution is -2.03. The van der Waals surface area contributed by atoms with E-state index in [9.17, 15) is 0 Å². The third-order valence-electron chi connectivity index (χ3n) is 3.24. The summed E-state index contributed by atoms with van der Waals surface area (Å²) in [6.07, 6.45) is 3.12. The Bertz CT molecular complexity index is 644. The molecular formula is C18H20ClNO3. The molecule has 4 nitrogen and oxygen atoms in total. The number of aryl methyl sites for hydroxylation is 1. The first kappa shape index (κ1) is 17.2. The fraction of sp³-hybridized carbons (Fsp3) is 0.278. The Hall–Kier alpha value is -2.20. The molecule has 0 aliphatic heterocycles. The van der Waals surface area contributed by atoms with Crippen LogP contribution in [-0.4, -0.2) is 24.6 Å². The highest BCUT2D eigenvalue weighted by Crippen LogP contribution is 2.36. The average molecular weight is 334 g/mol. The molecular weight excluding hydrogens is 314 g/mol. The largest absolute Gasteiger partial charge is 0.490 e. The molecule has 0 saturated carbocycles. The van der Waals surface area contributed by atoms with Crippen LogP contribution in [-0.2, 0) is 6.42 Å². The van der Waals surface area contributed by atoms with Crippen LogP contribution in [0.4, 0.5) is 0 Å². The molecule has 2 aromatic carbocycles. The summed E-state index contributed by atoms with van der Waals surface area (Å²) in [5.74, 6) is 1.08. The van der Waals surface area contributed by atoms with E-state index in [0.29, 0.717) is 35.3 Å². The van der Waals surface area contributed by atoms with Gasteiger partial charge in [0.15, 0.2) is 11.5 Å². The van der Waals surface area contributed by atoms with E-state index in [1.165, 1.54) is 11.8 Å². The van der Waals surface area contributed by atoms with Crippen LogP contribution in [0.25, 0.3) is 0 Å². The molecule has 2 rings (SSSR count). The zero-order valence-electron chi connectivity index (χ0n) is 13.0. The molecule has 5 heteroatoms. The zero-order chi connectivity index (χ0) is 16.5. The molecule has 0 aromatic heterocycles. The SMILES string of the molecule is CCOc1cc(/C=N/O)cc(Cl)c1OCCCc1ccccc1. The summed E-state index contributed by atoms with van der Waals surface area (Å²) in [6.45, 7) is 2.93. The van der Waals surface area contributed by atoms with Crippen LogP contribution in [0, 0.1) is 0 Å². The van der Waals surface area contributed by atoms with Crippen molar-refractivity contribution >= 4 is 17.8 Å². The molecule has 0 spiro atoms. The van der Waals surface area contributed by atoms with Gasteiger partial charge in [0, 0.05) is 5.56 Å². The Kier molecular flexibility index (Phi) is 6.76. The smallest absolute Gasteiger partial charge is 0.179 e. The number of ether oxygens (including phenoxy) is 2. The minimum atomic E-state index is 0.436. The van der Waals surface area contributed by atoms with Crippen molar-refractivity contribution in [2.24, 2.45) is 5.16 Å². The van der Waals surface area contributed by atoms with Crippen LogP contribution in [0.3, 0.4) is 0 Å². The minimum absolute atomic E-state index is 0.436. The number of rotatable bonds is 8. The third kappa shape index (κ3) is 5.18. The molecule has 0 aliphatic carbocycles. The van der Waals surface area contributed by atoms with Crippen LogP contribution in [0.1, 0.15) is 24.5 Å². The summed E-state index contributed by atoms with van der Waals surface area (Å²) >= 11 is 6.25. The molecule has 122 valence electrons. The van der Waals surface area contributed by atoms with E-state index in [-0.39, 0.29) is 0 Å². The van der Waals surface area contributed by atoms with E-state index in [1.807, 2.05) is 25.1 Å². The Balaban J connectivity index is 2.00. The van der Waals surface area contributed by atoms with Gasteiger partial charge in [-0.3, -0.25) is 0 Å². The van der Waals surface area contributed by atoms with Gasteiger partial charge in [0.1, 0.15) is 0 Å². The van der Waals surface area contributed by atoms with Gasteiger partial charge >= 0.3 is 0 Å². The van der Waals surface area contributed by atoms with E-state index in [2.05, 4.69) is 17.3 Å². The van der Waals surface area contributed by atoms with Crippen LogP contribution < -0.4 is 9.47 Å². The van der Waals surface area contributed by atoms with E-state index in [0.717, 1.165) is 12.8 Å². The van der Waals surface area contributed by atoms with Crippen LogP contribution in [0.5, 0.6) is 11.5 Å². The predicted octanol–water partition coefficient (Wildman–Crippen LogP) is 4.56. The number of oxime groups is 1. The lowest BCUT2D eigenvalue weighted by molar-refractivity contribution is 0.273. The summed E-state index contributed by atoms with van der Waals surface area (Å²) in [7, 11) is 0. The van der Waals surface area contributed by atoms with Gasteiger partial charge in [-0.05, 0) is 37.5 Å².